The van der Waals surface area contributed by atoms with Crippen LogP contribution in [0.2, 0.25) is 0 Å². The third-order valence-corrected chi connectivity index (χ3v) is 3.37. The van der Waals surface area contributed by atoms with Gasteiger partial charge in [-0.3, -0.25) is 4.79 Å². The fraction of sp³-hybridized carbons (Fsp3) is 0.143. The maximum atomic E-state index is 12.4. The van der Waals surface area contributed by atoms with Gasteiger partial charge in [0.2, 0.25) is 0 Å². The predicted octanol–water partition coefficient (Wildman–Crippen LogP) is 4.58. The van der Waals surface area contributed by atoms with E-state index in [1.54, 1.807) is 24.3 Å². The molecule has 4 nitrogen and oxygen atoms in total. The maximum Gasteiger partial charge on any atom is 0.266 e. The molecule has 0 atom stereocenters. The average Bonchev–Trinajstić information content (AvgIpc) is 2.62. The molecule has 126 valence electrons. The van der Waals surface area contributed by atoms with Crippen molar-refractivity contribution in [1.82, 2.24) is 0 Å². The third-order valence-electron chi connectivity index (χ3n) is 3.37. The maximum absolute atomic E-state index is 12.4. The largest absolute Gasteiger partial charge is 0.492 e. The lowest BCUT2D eigenvalue weighted by Crippen LogP contribution is -2.14. The standard InChI is InChI=1S/C21H20N2O2/c1-3-25-20-12-8-7-11-19(20)23-21(24)18(15-22)14-16(2)13-17-9-5-4-6-10-17/h4-14H,3H2,1-2H3,(H,23,24)/b16-13+,18-14+. The van der Waals surface area contributed by atoms with Gasteiger partial charge in [0.05, 0.1) is 12.3 Å². The van der Waals surface area contributed by atoms with Gasteiger partial charge < -0.3 is 10.1 Å². The lowest BCUT2D eigenvalue weighted by Gasteiger charge is -2.10. The number of benzene rings is 2. The van der Waals surface area contributed by atoms with Gasteiger partial charge in [0.15, 0.2) is 0 Å². The smallest absolute Gasteiger partial charge is 0.266 e. The number of nitrogens with one attached hydrogen (secondary N) is 1. The van der Waals surface area contributed by atoms with Crippen LogP contribution in [0.5, 0.6) is 5.75 Å². The van der Waals surface area contributed by atoms with E-state index in [1.165, 1.54) is 0 Å². The van der Waals surface area contributed by atoms with Gasteiger partial charge in [-0.25, -0.2) is 0 Å². The van der Waals surface area contributed by atoms with Gasteiger partial charge in [0.1, 0.15) is 17.4 Å². The highest BCUT2D eigenvalue weighted by molar-refractivity contribution is 6.07. The van der Waals surface area contributed by atoms with Crippen molar-refractivity contribution in [2.45, 2.75) is 13.8 Å². The Bertz CT molecular complexity index is 830. The van der Waals surface area contributed by atoms with Crippen LogP contribution in [0.3, 0.4) is 0 Å². The van der Waals surface area contributed by atoms with E-state index in [-0.39, 0.29) is 5.57 Å². The SMILES string of the molecule is CCOc1ccccc1NC(=O)/C(C#N)=C/C(C)=C/c1ccccc1. The van der Waals surface area contributed by atoms with Crippen molar-refractivity contribution in [2.75, 3.05) is 11.9 Å². The number of hydrogen-bond donors (Lipinski definition) is 1. The van der Waals surface area contributed by atoms with Gasteiger partial charge in [-0.2, -0.15) is 5.26 Å². The van der Waals surface area contributed by atoms with Crippen LogP contribution >= 0.6 is 0 Å². The predicted molar refractivity (Wildman–Crippen MR) is 100 cm³/mol. The topological polar surface area (TPSA) is 62.1 Å². The van der Waals surface area contributed by atoms with Crippen molar-refractivity contribution in [2.24, 2.45) is 0 Å². The van der Waals surface area contributed by atoms with Crippen LogP contribution in [0.25, 0.3) is 6.08 Å². The summed E-state index contributed by atoms with van der Waals surface area (Å²) in [4.78, 5) is 12.4. The van der Waals surface area contributed by atoms with E-state index in [2.05, 4.69) is 5.32 Å². The number of carbonyl (C=O) groups excluding carboxylic acids is 1. The summed E-state index contributed by atoms with van der Waals surface area (Å²) < 4.78 is 5.48. The number of carbonyl (C=O) groups is 1. The molecular formula is C21H20N2O2. The van der Waals surface area contributed by atoms with Gasteiger partial charge in [-0.15, -0.1) is 0 Å². The number of amides is 1. The summed E-state index contributed by atoms with van der Waals surface area (Å²) in [5.41, 5.74) is 2.41. The number of nitrogens with zero attached hydrogens (tertiary/aromatic N) is 1. The summed E-state index contributed by atoms with van der Waals surface area (Å²) in [5.74, 6) is 0.114. The van der Waals surface area contributed by atoms with Crippen molar-refractivity contribution >= 4 is 17.7 Å². The Morgan fingerprint density at radius 3 is 2.52 bits per heavy atom. The van der Waals surface area contributed by atoms with Crippen LogP contribution in [0.4, 0.5) is 5.69 Å². The number of nitriles is 1. The molecule has 0 aliphatic heterocycles. The molecule has 0 radical (unpaired) electrons. The number of hydrogen-bond acceptors (Lipinski definition) is 3. The molecule has 1 amide bonds. The molecule has 0 saturated heterocycles. The first-order valence-electron chi connectivity index (χ1n) is 8.02. The molecule has 0 heterocycles. The van der Waals surface area contributed by atoms with Gasteiger partial charge in [-0.1, -0.05) is 48.5 Å². The van der Waals surface area contributed by atoms with Crippen molar-refractivity contribution in [3.05, 3.63) is 77.4 Å². The van der Waals surface area contributed by atoms with E-state index in [4.69, 9.17) is 4.74 Å². The van der Waals surface area contributed by atoms with Gasteiger partial charge >= 0.3 is 0 Å². The second-order valence-electron chi connectivity index (χ2n) is 5.35. The average molecular weight is 332 g/mol. The van der Waals surface area contributed by atoms with Crippen LogP contribution in [-0.2, 0) is 4.79 Å². The summed E-state index contributed by atoms with van der Waals surface area (Å²) in [5, 5.41) is 12.1. The molecule has 0 spiro atoms. The van der Waals surface area contributed by atoms with E-state index < -0.39 is 5.91 Å². The molecule has 2 aromatic rings. The van der Waals surface area contributed by atoms with E-state index in [0.29, 0.717) is 18.0 Å². The number of ether oxygens (including phenoxy) is 1. The Kier molecular flexibility index (Phi) is 6.56. The number of allylic oxidation sites excluding steroid dienone is 2. The minimum Gasteiger partial charge on any atom is -0.492 e. The number of rotatable bonds is 6. The number of para-hydroxylation sites is 2. The second-order valence-corrected chi connectivity index (χ2v) is 5.35. The van der Waals surface area contributed by atoms with E-state index >= 15 is 0 Å². The van der Waals surface area contributed by atoms with Gasteiger partial charge in [0.25, 0.3) is 5.91 Å². The fourth-order valence-electron chi connectivity index (χ4n) is 2.27. The van der Waals surface area contributed by atoms with Crippen molar-refractivity contribution in [3.63, 3.8) is 0 Å². The molecular weight excluding hydrogens is 312 g/mol. The molecule has 2 aromatic carbocycles. The molecule has 0 fully saturated rings. The quantitative estimate of drug-likeness (QED) is 0.478. The van der Waals surface area contributed by atoms with Crippen LogP contribution in [0.1, 0.15) is 19.4 Å². The first-order valence-corrected chi connectivity index (χ1v) is 8.02. The molecule has 0 unspecified atom stereocenters. The second kappa shape index (κ2) is 9.09. The highest BCUT2D eigenvalue weighted by Gasteiger charge is 2.12. The molecule has 1 N–H and O–H groups in total. The molecule has 0 aromatic heterocycles. The molecule has 0 aliphatic carbocycles. The van der Waals surface area contributed by atoms with Crippen molar-refractivity contribution < 1.29 is 9.53 Å². The lowest BCUT2D eigenvalue weighted by atomic mass is 10.1. The Morgan fingerprint density at radius 2 is 1.84 bits per heavy atom. The van der Waals surface area contributed by atoms with Crippen LogP contribution in [0, 0.1) is 11.3 Å². The highest BCUT2D eigenvalue weighted by Crippen LogP contribution is 2.24. The monoisotopic (exact) mass is 332 g/mol. The van der Waals surface area contributed by atoms with E-state index in [0.717, 1.165) is 11.1 Å². The summed E-state index contributed by atoms with van der Waals surface area (Å²) in [6.45, 7) is 4.22. The van der Waals surface area contributed by atoms with Gasteiger partial charge in [0, 0.05) is 0 Å². The normalized spacial score (nSPS) is 11.6. The van der Waals surface area contributed by atoms with Crippen molar-refractivity contribution in [1.29, 1.82) is 5.26 Å². The van der Waals surface area contributed by atoms with Crippen molar-refractivity contribution in [3.8, 4) is 11.8 Å². The molecule has 4 heteroatoms. The van der Waals surface area contributed by atoms with Gasteiger partial charge in [-0.05, 0) is 43.2 Å². The van der Waals surface area contributed by atoms with E-state index in [9.17, 15) is 10.1 Å². The summed E-state index contributed by atoms with van der Waals surface area (Å²) >= 11 is 0. The van der Waals surface area contributed by atoms with E-state index in [1.807, 2.05) is 62.4 Å². The minimum atomic E-state index is -0.463. The zero-order chi connectivity index (χ0) is 18.1. The van der Waals surface area contributed by atoms with Crippen LogP contribution in [0.15, 0.2) is 71.8 Å². The first kappa shape index (κ1) is 18.0. The zero-order valence-corrected chi connectivity index (χ0v) is 14.3. The molecule has 0 bridgehead atoms. The third kappa shape index (κ3) is 5.36. The summed E-state index contributed by atoms with van der Waals surface area (Å²) in [6.07, 6.45) is 3.49. The molecule has 25 heavy (non-hydrogen) atoms. The van der Waals surface area contributed by atoms with Crippen LogP contribution in [-0.4, -0.2) is 12.5 Å². The van der Waals surface area contributed by atoms with Crippen LogP contribution < -0.4 is 10.1 Å². The molecule has 2 rings (SSSR count). The highest BCUT2D eigenvalue weighted by atomic mass is 16.5. The number of anilines is 1. The Hall–Kier alpha value is -3.32. The fourth-order valence-corrected chi connectivity index (χ4v) is 2.27. The Labute approximate surface area is 148 Å². The first-order chi connectivity index (χ1) is 12.1. The summed E-state index contributed by atoms with van der Waals surface area (Å²) in [6, 6.07) is 18.8. The zero-order valence-electron chi connectivity index (χ0n) is 14.3. The summed E-state index contributed by atoms with van der Waals surface area (Å²) in [7, 11) is 0. The Morgan fingerprint density at radius 1 is 1.16 bits per heavy atom. The molecule has 0 aliphatic rings. The minimum absolute atomic E-state index is 0.0379. The Balaban J connectivity index is 2.19. The molecule has 0 saturated carbocycles. The lowest BCUT2D eigenvalue weighted by molar-refractivity contribution is -0.112.